The topological polar surface area (TPSA) is 66.9 Å². The van der Waals surface area contributed by atoms with E-state index < -0.39 is 5.97 Å². The monoisotopic (exact) mass is 466 g/mol. The summed E-state index contributed by atoms with van der Waals surface area (Å²) in [6.07, 6.45) is 3.85. The van der Waals surface area contributed by atoms with Crippen molar-refractivity contribution in [2.24, 2.45) is 0 Å². The molecule has 0 aliphatic carbocycles. The quantitative estimate of drug-likeness (QED) is 0.376. The number of benzene rings is 2. The van der Waals surface area contributed by atoms with Crippen LogP contribution in [0.3, 0.4) is 0 Å². The average molecular weight is 467 g/mol. The molecule has 0 unspecified atom stereocenters. The molecule has 1 fully saturated rings. The first-order chi connectivity index (χ1) is 15.5. The van der Waals surface area contributed by atoms with Crippen LogP contribution in [0.25, 0.3) is 6.08 Å². The number of thiocarbonyl (C=S) groups is 1. The molecule has 8 heteroatoms. The summed E-state index contributed by atoms with van der Waals surface area (Å²) < 4.78 is 5.14. The smallest absolute Gasteiger partial charge is 0.337 e. The Balaban J connectivity index is 1.41. The summed E-state index contributed by atoms with van der Waals surface area (Å²) in [5.74, 6) is -0.624. The molecule has 164 valence electrons. The predicted molar refractivity (Wildman–Crippen MR) is 129 cm³/mol. The highest BCUT2D eigenvalue weighted by Crippen LogP contribution is 2.33. The van der Waals surface area contributed by atoms with Crippen molar-refractivity contribution in [1.29, 1.82) is 0 Å². The zero-order chi connectivity index (χ0) is 22.7. The van der Waals surface area contributed by atoms with Crippen LogP contribution in [0.1, 0.15) is 34.3 Å². The molecule has 4 rings (SSSR count). The standard InChI is InChI=1S/C24H22N2O4S2/c1-30-23(29)18-10-8-16(9-11-18)15-20-22(28)26(24(31)32-20)14-12-21(27)25-13-4-6-17-5-2-3-7-19(17)25/h2-3,5,7-11,15H,4,6,12-14H2,1H3. The van der Waals surface area contributed by atoms with Crippen molar-refractivity contribution >= 4 is 57.8 Å². The molecule has 0 N–H and O–H groups in total. The van der Waals surface area contributed by atoms with Gasteiger partial charge in [0.1, 0.15) is 4.32 Å². The fraction of sp³-hybridized carbons (Fsp3) is 0.250. The van der Waals surface area contributed by atoms with E-state index in [0.29, 0.717) is 21.3 Å². The third-order valence-electron chi connectivity index (χ3n) is 5.46. The number of aryl methyl sites for hydroxylation is 1. The van der Waals surface area contributed by atoms with Crippen LogP contribution in [-0.4, -0.2) is 47.2 Å². The van der Waals surface area contributed by atoms with Gasteiger partial charge in [-0.15, -0.1) is 0 Å². The maximum atomic E-state index is 12.9. The van der Waals surface area contributed by atoms with Crippen LogP contribution in [0.5, 0.6) is 0 Å². The number of amides is 2. The molecule has 6 nitrogen and oxygen atoms in total. The Morgan fingerprint density at radius 2 is 1.91 bits per heavy atom. The molecule has 0 atom stereocenters. The summed E-state index contributed by atoms with van der Waals surface area (Å²) in [5.41, 5.74) is 3.36. The highest BCUT2D eigenvalue weighted by Gasteiger charge is 2.33. The van der Waals surface area contributed by atoms with Gasteiger partial charge in [0, 0.05) is 25.2 Å². The Hall–Kier alpha value is -2.97. The Morgan fingerprint density at radius 1 is 1.16 bits per heavy atom. The van der Waals surface area contributed by atoms with Gasteiger partial charge in [0.25, 0.3) is 5.91 Å². The second-order valence-electron chi connectivity index (χ2n) is 7.47. The first kappa shape index (κ1) is 22.2. The van der Waals surface area contributed by atoms with Gasteiger partial charge in [0.05, 0.1) is 17.6 Å². The summed E-state index contributed by atoms with van der Waals surface area (Å²) in [6, 6.07) is 14.7. The van der Waals surface area contributed by atoms with Crippen LogP contribution in [0, 0.1) is 0 Å². The minimum atomic E-state index is -0.413. The number of carbonyl (C=O) groups excluding carboxylic acids is 3. The number of rotatable bonds is 5. The van der Waals surface area contributed by atoms with Crippen molar-refractivity contribution in [2.75, 3.05) is 25.1 Å². The average Bonchev–Trinajstić information content (AvgIpc) is 3.09. The van der Waals surface area contributed by atoms with Gasteiger partial charge in [-0.1, -0.05) is 54.3 Å². The second kappa shape index (κ2) is 9.67. The van der Waals surface area contributed by atoms with Crippen LogP contribution in [0.2, 0.25) is 0 Å². The third kappa shape index (κ3) is 4.61. The molecule has 0 saturated carbocycles. The molecule has 1 saturated heterocycles. The molecule has 0 spiro atoms. The van der Waals surface area contributed by atoms with Gasteiger partial charge in [-0.3, -0.25) is 14.5 Å². The van der Waals surface area contributed by atoms with E-state index in [1.165, 1.54) is 29.3 Å². The summed E-state index contributed by atoms with van der Waals surface area (Å²) in [4.78, 5) is 41.1. The number of methoxy groups -OCH3 is 1. The van der Waals surface area contributed by atoms with E-state index in [4.69, 9.17) is 17.0 Å². The zero-order valence-corrected chi connectivity index (χ0v) is 19.2. The number of para-hydroxylation sites is 1. The molecule has 2 heterocycles. The molecule has 32 heavy (non-hydrogen) atoms. The highest BCUT2D eigenvalue weighted by molar-refractivity contribution is 8.26. The lowest BCUT2D eigenvalue weighted by Crippen LogP contribution is -2.38. The molecule has 2 amide bonds. The van der Waals surface area contributed by atoms with E-state index in [2.05, 4.69) is 6.07 Å². The van der Waals surface area contributed by atoms with E-state index in [-0.39, 0.29) is 24.8 Å². The number of ether oxygens (including phenoxy) is 1. The molecule has 2 aromatic carbocycles. The Bertz CT molecular complexity index is 1110. The van der Waals surface area contributed by atoms with Crippen molar-refractivity contribution in [3.8, 4) is 0 Å². The summed E-state index contributed by atoms with van der Waals surface area (Å²) in [5, 5.41) is 0. The van der Waals surface area contributed by atoms with Crippen molar-refractivity contribution in [3.05, 3.63) is 70.1 Å². The van der Waals surface area contributed by atoms with Crippen LogP contribution in [0.4, 0.5) is 5.69 Å². The number of nitrogens with zero attached hydrogens (tertiary/aromatic N) is 2. The van der Waals surface area contributed by atoms with Crippen molar-refractivity contribution in [1.82, 2.24) is 4.90 Å². The second-order valence-corrected chi connectivity index (χ2v) is 9.15. The van der Waals surface area contributed by atoms with E-state index in [1.807, 2.05) is 23.1 Å². The third-order valence-corrected chi connectivity index (χ3v) is 6.84. The summed E-state index contributed by atoms with van der Waals surface area (Å²) >= 11 is 6.61. The lowest BCUT2D eigenvalue weighted by Gasteiger charge is -2.30. The van der Waals surface area contributed by atoms with Gasteiger partial charge in [-0.2, -0.15) is 0 Å². The summed E-state index contributed by atoms with van der Waals surface area (Å²) in [7, 11) is 1.33. The van der Waals surface area contributed by atoms with Crippen molar-refractivity contribution in [3.63, 3.8) is 0 Å². The molecule has 2 aromatic rings. The van der Waals surface area contributed by atoms with E-state index in [0.717, 1.165) is 24.1 Å². The van der Waals surface area contributed by atoms with Gasteiger partial charge in [-0.25, -0.2) is 4.79 Å². The Labute approximate surface area is 196 Å². The Kier molecular flexibility index (Phi) is 6.72. The first-order valence-electron chi connectivity index (χ1n) is 10.3. The lowest BCUT2D eigenvalue weighted by atomic mass is 10.0. The largest absolute Gasteiger partial charge is 0.465 e. The molecular formula is C24H22N2O4S2. The predicted octanol–water partition coefficient (Wildman–Crippen LogP) is 4.04. The fourth-order valence-electron chi connectivity index (χ4n) is 3.81. The first-order valence-corrected chi connectivity index (χ1v) is 11.5. The maximum absolute atomic E-state index is 12.9. The summed E-state index contributed by atoms with van der Waals surface area (Å²) in [6.45, 7) is 0.941. The number of hydrogen-bond donors (Lipinski definition) is 0. The van der Waals surface area contributed by atoms with E-state index >= 15 is 0 Å². The molecule has 2 aliphatic rings. The minimum Gasteiger partial charge on any atom is -0.465 e. The fourth-order valence-corrected chi connectivity index (χ4v) is 5.12. The molecule has 0 aromatic heterocycles. The Morgan fingerprint density at radius 3 is 2.66 bits per heavy atom. The number of hydrogen-bond acceptors (Lipinski definition) is 6. The normalized spacial score (nSPS) is 17.0. The SMILES string of the molecule is COC(=O)c1ccc(C=C2SC(=S)N(CCC(=O)N3CCCc4ccccc43)C2=O)cc1. The number of fused-ring (bicyclic) bond motifs is 1. The van der Waals surface area contributed by atoms with Crippen LogP contribution in [-0.2, 0) is 20.7 Å². The van der Waals surface area contributed by atoms with Crippen LogP contribution < -0.4 is 4.90 Å². The lowest BCUT2D eigenvalue weighted by molar-refractivity contribution is -0.123. The van der Waals surface area contributed by atoms with Crippen LogP contribution >= 0.6 is 24.0 Å². The number of esters is 1. The molecule has 0 radical (unpaired) electrons. The van der Waals surface area contributed by atoms with Crippen LogP contribution in [0.15, 0.2) is 53.4 Å². The minimum absolute atomic E-state index is 0.00595. The molecule has 0 bridgehead atoms. The maximum Gasteiger partial charge on any atom is 0.337 e. The number of anilines is 1. The van der Waals surface area contributed by atoms with Gasteiger partial charge in [0.15, 0.2) is 0 Å². The van der Waals surface area contributed by atoms with Gasteiger partial charge >= 0.3 is 5.97 Å². The van der Waals surface area contributed by atoms with Gasteiger partial charge in [0.2, 0.25) is 5.91 Å². The number of carbonyl (C=O) groups is 3. The molecule has 2 aliphatic heterocycles. The number of thioether (sulfide) groups is 1. The van der Waals surface area contributed by atoms with Crippen molar-refractivity contribution < 1.29 is 19.1 Å². The zero-order valence-electron chi connectivity index (χ0n) is 17.6. The van der Waals surface area contributed by atoms with Crippen molar-refractivity contribution in [2.45, 2.75) is 19.3 Å². The van der Waals surface area contributed by atoms with E-state index in [1.54, 1.807) is 30.3 Å². The highest BCUT2D eigenvalue weighted by atomic mass is 32.2. The van der Waals surface area contributed by atoms with Gasteiger partial charge < -0.3 is 9.64 Å². The van der Waals surface area contributed by atoms with E-state index in [9.17, 15) is 14.4 Å². The van der Waals surface area contributed by atoms with Gasteiger partial charge in [-0.05, 0) is 48.2 Å². The molecular weight excluding hydrogens is 444 g/mol.